The average Bonchev–Trinajstić information content (AvgIpc) is 2.53. The number of hydrogen-bond donors (Lipinski definition) is 2. The fourth-order valence-corrected chi connectivity index (χ4v) is 2.02. The predicted molar refractivity (Wildman–Crippen MR) is 48.8 cm³/mol. The molecule has 1 fully saturated rings. The summed E-state index contributed by atoms with van der Waals surface area (Å²) in [7, 11) is 0. The summed E-state index contributed by atoms with van der Waals surface area (Å²) < 4.78 is 23.7. The zero-order chi connectivity index (χ0) is 9.73. The highest BCUT2D eigenvalue weighted by Gasteiger charge is 2.31. The fourth-order valence-electron chi connectivity index (χ4n) is 2.02. The van der Waals surface area contributed by atoms with Crippen LogP contribution in [0.3, 0.4) is 0 Å². The van der Waals surface area contributed by atoms with E-state index in [0.717, 1.165) is 12.8 Å². The van der Waals surface area contributed by atoms with E-state index in [1.807, 2.05) is 0 Å². The monoisotopic (exact) mass is 192 g/mol. The van der Waals surface area contributed by atoms with E-state index in [-0.39, 0.29) is 12.0 Å². The van der Waals surface area contributed by atoms with Crippen LogP contribution in [0.15, 0.2) is 0 Å². The molecule has 0 aromatic rings. The third-order valence-electron chi connectivity index (χ3n) is 2.90. The molecular weight excluding hydrogens is 174 g/mol. The zero-order valence-corrected chi connectivity index (χ0v) is 7.86. The van der Waals surface area contributed by atoms with Crippen molar-refractivity contribution in [3.8, 4) is 0 Å². The molecule has 0 aliphatic heterocycles. The Morgan fingerprint density at radius 3 is 2.38 bits per heavy atom. The van der Waals surface area contributed by atoms with Gasteiger partial charge in [-0.1, -0.05) is 12.8 Å². The average molecular weight is 192 g/mol. The lowest BCUT2D eigenvalue weighted by Gasteiger charge is -2.27. The van der Waals surface area contributed by atoms with Gasteiger partial charge in [0, 0.05) is 6.54 Å². The molecule has 0 spiro atoms. The Morgan fingerprint density at radius 1 is 1.31 bits per heavy atom. The van der Waals surface area contributed by atoms with Crippen LogP contribution in [0.4, 0.5) is 8.78 Å². The lowest BCUT2D eigenvalue weighted by Crippen LogP contribution is -2.39. The van der Waals surface area contributed by atoms with Crippen molar-refractivity contribution >= 4 is 0 Å². The van der Waals surface area contributed by atoms with Gasteiger partial charge in [-0.3, -0.25) is 0 Å². The van der Waals surface area contributed by atoms with Crippen LogP contribution in [0.2, 0.25) is 0 Å². The minimum absolute atomic E-state index is 0.106. The van der Waals surface area contributed by atoms with Crippen molar-refractivity contribution < 1.29 is 8.78 Å². The molecular formula is C9H18F2N2. The van der Waals surface area contributed by atoms with E-state index in [1.165, 1.54) is 12.8 Å². The molecule has 78 valence electrons. The summed E-state index contributed by atoms with van der Waals surface area (Å²) in [6.45, 7) is 1.05. The molecule has 2 nitrogen and oxygen atoms in total. The van der Waals surface area contributed by atoms with Crippen LogP contribution >= 0.6 is 0 Å². The summed E-state index contributed by atoms with van der Waals surface area (Å²) >= 11 is 0. The molecule has 0 aromatic carbocycles. The smallest absolute Gasteiger partial charge is 0.250 e. The van der Waals surface area contributed by atoms with E-state index < -0.39 is 6.43 Å². The highest BCUT2D eigenvalue weighted by atomic mass is 19.3. The van der Waals surface area contributed by atoms with Crippen LogP contribution in [0.1, 0.15) is 25.7 Å². The van der Waals surface area contributed by atoms with E-state index >= 15 is 0 Å². The summed E-state index contributed by atoms with van der Waals surface area (Å²) in [5.41, 5.74) is 5.76. The van der Waals surface area contributed by atoms with Crippen LogP contribution < -0.4 is 11.1 Å². The van der Waals surface area contributed by atoms with Gasteiger partial charge in [-0.15, -0.1) is 0 Å². The van der Waals surface area contributed by atoms with Crippen LogP contribution in [0.25, 0.3) is 0 Å². The second-order valence-corrected chi connectivity index (χ2v) is 3.93. The predicted octanol–water partition coefficient (Wildman–Crippen LogP) is 1.36. The topological polar surface area (TPSA) is 38.0 Å². The Bertz CT molecular complexity index is 145. The van der Waals surface area contributed by atoms with Gasteiger partial charge in [0.05, 0.1) is 6.54 Å². The first-order valence-corrected chi connectivity index (χ1v) is 4.87. The van der Waals surface area contributed by atoms with Crippen molar-refractivity contribution in [1.82, 2.24) is 5.32 Å². The van der Waals surface area contributed by atoms with E-state index in [1.54, 1.807) is 0 Å². The minimum Gasteiger partial charge on any atom is -0.330 e. The third-order valence-corrected chi connectivity index (χ3v) is 2.90. The van der Waals surface area contributed by atoms with Crippen LogP contribution in [0, 0.1) is 5.41 Å². The number of nitrogens with one attached hydrogen (secondary N) is 1. The molecule has 13 heavy (non-hydrogen) atoms. The van der Waals surface area contributed by atoms with Gasteiger partial charge in [0.15, 0.2) is 0 Å². The van der Waals surface area contributed by atoms with Crippen LogP contribution in [-0.2, 0) is 0 Å². The van der Waals surface area contributed by atoms with Crippen molar-refractivity contribution in [2.75, 3.05) is 19.6 Å². The summed E-state index contributed by atoms with van der Waals surface area (Å²) in [6, 6.07) is 0. The number of hydrogen-bond acceptors (Lipinski definition) is 2. The van der Waals surface area contributed by atoms with Gasteiger partial charge in [0.2, 0.25) is 0 Å². The normalized spacial score (nSPS) is 21.2. The van der Waals surface area contributed by atoms with Gasteiger partial charge < -0.3 is 11.1 Å². The Morgan fingerprint density at radius 2 is 1.92 bits per heavy atom. The lowest BCUT2D eigenvalue weighted by atomic mass is 9.86. The van der Waals surface area contributed by atoms with Gasteiger partial charge in [-0.25, -0.2) is 8.78 Å². The van der Waals surface area contributed by atoms with Crippen LogP contribution in [0.5, 0.6) is 0 Å². The lowest BCUT2D eigenvalue weighted by molar-refractivity contribution is 0.138. The summed E-state index contributed by atoms with van der Waals surface area (Å²) in [6.07, 6.45) is 2.29. The number of halogens is 2. The molecule has 1 saturated carbocycles. The Kier molecular flexibility index (Phi) is 4.06. The van der Waals surface area contributed by atoms with E-state index in [9.17, 15) is 8.78 Å². The van der Waals surface area contributed by atoms with Crippen molar-refractivity contribution in [2.45, 2.75) is 32.1 Å². The van der Waals surface area contributed by atoms with Gasteiger partial charge in [0.1, 0.15) is 0 Å². The molecule has 0 amide bonds. The summed E-state index contributed by atoms with van der Waals surface area (Å²) in [5, 5.41) is 2.79. The molecule has 3 N–H and O–H groups in total. The molecule has 0 heterocycles. The van der Waals surface area contributed by atoms with Crippen molar-refractivity contribution in [1.29, 1.82) is 0 Å². The van der Waals surface area contributed by atoms with Crippen molar-refractivity contribution in [3.63, 3.8) is 0 Å². The second kappa shape index (κ2) is 4.86. The van der Waals surface area contributed by atoms with Gasteiger partial charge >= 0.3 is 0 Å². The molecule has 0 unspecified atom stereocenters. The zero-order valence-electron chi connectivity index (χ0n) is 7.86. The van der Waals surface area contributed by atoms with E-state index in [2.05, 4.69) is 5.32 Å². The summed E-state index contributed by atoms with van der Waals surface area (Å²) in [5.74, 6) is 0. The highest BCUT2D eigenvalue weighted by Crippen LogP contribution is 2.36. The SMILES string of the molecule is NCC1(CNCC(F)F)CCCC1. The van der Waals surface area contributed by atoms with Crippen molar-refractivity contribution in [2.24, 2.45) is 11.1 Å². The van der Waals surface area contributed by atoms with Gasteiger partial charge in [-0.2, -0.15) is 0 Å². The standard InChI is InChI=1S/C9H18F2N2/c10-8(11)5-13-7-9(6-12)3-1-2-4-9/h8,13H,1-7,12H2. The Hall–Kier alpha value is -0.220. The van der Waals surface area contributed by atoms with Gasteiger partial charge in [-0.05, 0) is 24.8 Å². The first kappa shape index (κ1) is 10.9. The number of alkyl halides is 2. The van der Waals surface area contributed by atoms with E-state index in [4.69, 9.17) is 5.73 Å². The molecule has 0 atom stereocenters. The number of rotatable bonds is 5. The fraction of sp³-hybridized carbons (Fsp3) is 1.00. The molecule has 1 rings (SSSR count). The quantitative estimate of drug-likeness (QED) is 0.690. The molecule has 0 saturated heterocycles. The van der Waals surface area contributed by atoms with E-state index in [0.29, 0.717) is 13.1 Å². The molecule has 0 aromatic heterocycles. The Labute approximate surface area is 77.9 Å². The molecule has 4 heteroatoms. The Balaban J connectivity index is 2.23. The highest BCUT2D eigenvalue weighted by molar-refractivity contribution is 4.87. The molecule has 1 aliphatic carbocycles. The maximum Gasteiger partial charge on any atom is 0.250 e. The maximum absolute atomic E-state index is 11.8. The second-order valence-electron chi connectivity index (χ2n) is 3.93. The van der Waals surface area contributed by atoms with Gasteiger partial charge in [0.25, 0.3) is 6.43 Å². The molecule has 1 aliphatic rings. The molecule has 0 bridgehead atoms. The maximum atomic E-state index is 11.8. The van der Waals surface area contributed by atoms with Crippen molar-refractivity contribution in [3.05, 3.63) is 0 Å². The largest absolute Gasteiger partial charge is 0.330 e. The number of nitrogens with two attached hydrogens (primary N) is 1. The minimum atomic E-state index is -2.25. The summed E-state index contributed by atoms with van der Waals surface area (Å²) in [4.78, 5) is 0. The first-order chi connectivity index (χ1) is 6.18. The van der Waals surface area contributed by atoms with Crippen LogP contribution in [-0.4, -0.2) is 26.1 Å². The first-order valence-electron chi connectivity index (χ1n) is 4.87. The molecule has 0 radical (unpaired) electrons. The third kappa shape index (κ3) is 3.19.